The second-order valence-corrected chi connectivity index (χ2v) is 17.0. The smallest absolute Gasteiger partial charge is 0.0345 e. The van der Waals surface area contributed by atoms with Gasteiger partial charge >= 0.3 is 0 Å². The molecule has 6 rings (SSSR count). The molecule has 6 aromatic carbocycles. The van der Waals surface area contributed by atoms with Gasteiger partial charge in [-0.3, -0.25) is 0 Å². The Hall–Kier alpha value is -0.300. The highest BCUT2D eigenvalue weighted by atomic mass is 127. The summed E-state index contributed by atoms with van der Waals surface area (Å²) in [4.78, 5) is 0. The van der Waals surface area contributed by atoms with Crippen LogP contribution in [0.25, 0.3) is 44.5 Å². The first-order valence-corrected chi connectivity index (χ1v) is 19.9. The van der Waals surface area contributed by atoms with E-state index in [9.17, 15) is 0 Å². The summed E-state index contributed by atoms with van der Waals surface area (Å²) >= 11 is 14.9. The van der Waals surface area contributed by atoms with Crippen LogP contribution in [0.2, 0.25) is 0 Å². The summed E-state index contributed by atoms with van der Waals surface area (Å²) in [6.07, 6.45) is 0.917. The van der Waals surface area contributed by atoms with Crippen LogP contribution in [0.4, 0.5) is 0 Å². The zero-order chi connectivity index (χ0) is 30.1. The molecular weight excluding hydrogens is 1210 g/mol. The predicted molar refractivity (Wildman–Crippen MR) is 234 cm³/mol. The Balaban J connectivity index is 1.23. The van der Waals surface area contributed by atoms with Gasteiger partial charge in [0.05, 0.1) is 0 Å². The first-order valence-electron chi connectivity index (χ1n) is 13.4. The van der Waals surface area contributed by atoms with Gasteiger partial charge < -0.3 is 0 Å². The van der Waals surface area contributed by atoms with Gasteiger partial charge in [-0.15, -0.1) is 0 Å². The first-order chi connectivity index (χ1) is 20.8. The summed E-state index contributed by atoms with van der Waals surface area (Å²) in [6, 6.07) is 44.5. The summed E-state index contributed by atoms with van der Waals surface area (Å²) in [6.45, 7) is 0. The van der Waals surface area contributed by atoms with E-state index in [1.54, 1.807) is 0 Å². The van der Waals surface area contributed by atoms with Crippen LogP contribution in [0.1, 0.15) is 11.1 Å². The lowest BCUT2D eigenvalue weighted by atomic mass is 9.96. The van der Waals surface area contributed by atoms with Crippen LogP contribution >= 0.6 is 136 Å². The molecule has 0 aromatic heterocycles. The van der Waals surface area contributed by atoms with Gasteiger partial charge in [0, 0.05) is 21.4 Å². The van der Waals surface area contributed by atoms with E-state index in [1.165, 1.54) is 77.1 Å². The summed E-state index contributed by atoms with van der Waals surface area (Å²) < 4.78 is 7.80. The molecule has 0 bridgehead atoms. The Morgan fingerprint density at radius 2 is 0.698 bits per heavy atom. The maximum atomic E-state index is 2.54. The van der Waals surface area contributed by atoms with E-state index in [0.717, 1.165) is 6.42 Å². The molecule has 0 aliphatic heterocycles. The molecule has 6 aromatic rings. The molecule has 0 heterocycles. The fraction of sp³-hybridized carbons (Fsp3) is 0.0270. The molecule has 0 aliphatic carbocycles. The lowest BCUT2D eigenvalue weighted by Gasteiger charge is -2.15. The Morgan fingerprint density at radius 3 is 1.07 bits per heavy atom. The zero-order valence-corrected chi connectivity index (χ0v) is 35.5. The van der Waals surface area contributed by atoms with E-state index in [4.69, 9.17) is 0 Å². The standard InChI is InChI=1S/C37H22I6/c38-30-5-1-3-26(20-30)22-7-11-24(12-8-22)32-17-15-28(34(40)36(32)42)19-29-16-18-33(37(43)35(29)41)25-13-9-23(10-14-25)27-4-2-6-31(39)21-27/h1-18,20-21H,19H2. The number of halogens is 6. The summed E-state index contributed by atoms with van der Waals surface area (Å²) in [5, 5.41) is 0. The van der Waals surface area contributed by atoms with Crippen molar-refractivity contribution in [1.29, 1.82) is 0 Å². The maximum Gasteiger partial charge on any atom is 0.0345 e. The summed E-state index contributed by atoms with van der Waals surface area (Å²) in [5.41, 5.74) is 12.8. The molecule has 0 fully saturated rings. The van der Waals surface area contributed by atoms with Gasteiger partial charge in [0.15, 0.2) is 0 Å². The van der Waals surface area contributed by atoms with Gasteiger partial charge in [-0.1, -0.05) is 97.1 Å². The Morgan fingerprint density at radius 1 is 0.326 bits per heavy atom. The third kappa shape index (κ3) is 7.49. The van der Waals surface area contributed by atoms with Crippen molar-refractivity contribution in [2.24, 2.45) is 0 Å². The number of benzene rings is 6. The lowest BCUT2D eigenvalue weighted by molar-refractivity contribution is 1.15. The molecule has 212 valence electrons. The summed E-state index contributed by atoms with van der Waals surface area (Å²) in [7, 11) is 0. The van der Waals surface area contributed by atoms with Crippen LogP contribution in [0.5, 0.6) is 0 Å². The van der Waals surface area contributed by atoms with Crippen LogP contribution in [0, 0.1) is 21.4 Å². The number of rotatable bonds is 6. The van der Waals surface area contributed by atoms with Crippen LogP contribution in [0.3, 0.4) is 0 Å². The Kier molecular flexibility index (Phi) is 11.1. The van der Waals surface area contributed by atoms with E-state index in [2.05, 4.69) is 257 Å². The monoisotopic (exact) mass is 1230 g/mol. The van der Waals surface area contributed by atoms with E-state index in [0.29, 0.717) is 0 Å². The SMILES string of the molecule is Ic1cccc(-c2ccc(-c3ccc(Cc4ccc(-c5ccc(-c6cccc(I)c6)cc5)c(I)c4I)c(I)c3I)cc2)c1. The molecule has 0 saturated heterocycles. The second-order valence-electron chi connectivity index (χ2n) is 10.2. The Labute approximate surface area is 335 Å². The molecule has 0 unspecified atom stereocenters. The van der Waals surface area contributed by atoms with Crippen molar-refractivity contribution in [3.63, 3.8) is 0 Å². The van der Waals surface area contributed by atoms with Crippen molar-refractivity contribution in [3.05, 3.63) is 154 Å². The van der Waals surface area contributed by atoms with Gasteiger partial charge in [0.2, 0.25) is 0 Å². The number of hydrogen-bond donors (Lipinski definition) is 0. The van der Waals surface area contributed by atoms with E-state index in [1.807, 2.05) is 0 Å². The van der Waals surface area contributed by atoms with Crippen molar-refractivity contribution in [3.8, 4) is 44.5 Å². The highest BCUT2D eigenvalue weighted by Crippen LogP contribution is 2.36. The first kappa shape index (κ1) is 32.6. The fourth-order valence-corrected chi connectivity index (χ4v) is 9.21. The van der Waals surface area contributed by atoms with Gasteiger partial charge in [-0.2, -0.15) is 0 Å². The molecule has 0 amide bonds. The topological polar surface area (TPSA) is 0 Å². The average molecular weight is 1230 g/mol. The minimum absolute atomic E-state index is 0.917. The third-order valence-corrected chi connectivity index (χ3v) is 15.5. The van der Waals surface area contributed by atoms with Crippen molar-refractivity contribution < 1.29 is 0 Å². The van der Waals surface area contributed by atoms with Crippen molar-refractivity contribution in [2.45, 2.75) is 6.42 Å². The highest BCUT2D eigenvalue weighted by molar-refractivity contribution is 14.1. The summed E-state index contributed by atoms with van der Waals surface area (Å²) in [5.74, 6) is 0. The molecule has 0 nitrogen and oxygen atoms in total. The van der Waals surface area contributed by atoms with Crippen molar-refractivity contribution in [2.75, 3.05) is 0 Å². The molecule has 0 N–H and O–H groups in total. The molecule has 0 aliphatic rings. The second kappa shape index (κ2) is 14.6. The minimum Gasteiger partial charge on any atom is -0.0606 e. The maximum absolute atomic E-state index is 2.54. The Bertz CT molecular complexity index is 1800. The quantitative estimate of drug-likeness (QED) is 0.146. The molecular formula is C37H22I6. The van der Waals surface area contributed by atoms with Gasteiger partial charge in [0.25, 0.3) is 0 Å². The minimum atomic E-state index is 0.917. The molecule has 0 saturated carbocycles. The molecule has 0 spiro atoms. The molecule has 0 radical (unpaired) electrons. The predicted octanol–water partition coefficient (Wildman–Crippen LogP) is 13.6. The molecule has 43 heavy (non-hydrogen) atoms. The number of hydrogen-bond acceptors (Lipinski definition) is 0. The third-order valence-electron chi connectivity index (χ3n) is 7.41. The molecule has 0 atom stereocenters. The van der Waals surface area contributed by atoms with Gasteiger partial charge in [-0.25, -0.2) is 0 Å². The van der Waals surface area contributed by atoms with Crippen molar-refractivity contribution >= 4 is 136 Å². The van der Waals surface area contributed by atoms with Crippen molar-refractivity contribution in [1.82, 2.24) is 0 Å². The zero-order valence-electron chi connectivity index (χ0n) is 22.5. The average Bonchev–Trinajstić information content (AvgIpc) is 3.02. The van der Waals surface area contributed by atoms with E-state index >= 15 is 0 Å². The normalized spacial score (nSPS) is 11.1. The van der Waals surface area contributed by atoms with Crippen LogP contribution in [-0.2, 0) is 6.42 Å². The van der Waals surface area contributed by atoms with Crippen LogP contribution in [0.15, 0.2) is 121 Å². The van der Waals surface area contributed by atoms with Gasteiger partial charge in [0.1, 0.15) is 0 Å². The molecule has 6 heteroatoms. The van der Waals surface area contributed by atoms with E-state index in [-0.39, 0.29) is 0 Å². The van der Waals surface area contributed by atoms with Gasteiger partial charge in [-0.05, 0) is 222 Å². The fourth-order valence-electron chi connectivity index (χ4n) is 5.12. The largest absolute Gasteiger partial charge is 0.0606 e. The van der Waals surface area contributed by atoms with E-state index < -0.39 is 0 Å². The highest BCUT2D eigenvalue weighted by Gasteiger charge is 2.16. The van der Waals surface area contributed by atoms with Crippen LogP contribution in [-0.4, -0.2) is 0 Å². The van der Waals surface area contributed by atoms with Crippen LogP contribution < -0.4 is 0 Å². The lowest BCUT2D eigenvalue weighted by Crippen LogP contribution is -2.00.